The Balaban J connectivity index is 2.46. The van der Waals surface area contributed by atoms with E-state index in [9.17, 15) is 9.90 Å². The molecule has 0 heterocycles. The predicted octanol–water partition coefficient (Wildman–Crippen LogP) is 3.42. The van der Waals surface area contributed by atoms with Gasteiger partial charge in [-0.3, -0.25) is 4.79 Å². The van der Waals surface area contributed by atoms with Gasteiger partial charge in [0.15, 0.2) is 0 Å². The molecule has 1 aliphatic rings. The third kappa shape index (κ3) is 4.48. The third-order valence-corrected chi connectivity index (χ3v) is 5.16. The maximum absolute atomic E-state index is 11.6. The SMILES string of the molecule is [C-]#[N+]C(=C)C(Cc1ccc(OC)cc1)([N+]#[C-])[C@@H]1C[C@H](O)CC[C@H]1OC(C)=O. The smallest absolute Gasteiger partial charge is 0.302 e. The molecule has 0 bridgehead atoms. The molecule has 0 aliphatic heterocycles. The largest absolute Gasteiger partial charge is 0.497 e. The number of hydrogen-bond acceptors (Lipinski definition) is 4. The second-order valence-electron chi connectivity index (χ2n) is 6.84. The number of aliphatic hydroxyl groups excluding tert-OH is 1. The predicted molar refractivity (Wildman–Crippen MR) is 101 cm³/mol. The van der Waals surface area contributed by atoms with Gasteiger partial charge in [-0.1, -0.05) is 18.7 Å². The lowest BCUT2D eigenvalue weighted by atomic mass is 9.68. The van der Waals surface area contributed by atoms with Crippen molar-refractivity contribution in [1.29, 1.82) is 0 Å². The Bertz CT molecular complexity index is 775. The molecule has 1 aliphatic carbocycles. The van der Waals surface area contributed by atoms with Crippen molar-refractivity contribution >= 4 is 5.97 Å². The highest BCUT2D eigenvalue weighted by Crippen LogP contribution is 2.44. The number of nitrogens with zero attached hydrogens (tertiary/aromatic N) is 2. The average molecular weight is 368 g/mol. The summed E-state index contributed by atoms with van der Waals surface area (Å²) in [4.78, 5) is 18.9. The summed E-state index contributed by atoms with van der Waals surface area (Å²) in [5.74, 6) is -0.244. The lowest BCUT2D eigenvalue weighted by Gasteiger charge is -2.39. The van der Waals surface area contributed by atoms with E-state index in [1.165, 1.54) is 6.92 Å². The molecule has 0 aromatic heterocycles. The lowest BCUT2D eigenvalue weighted by molar-refractivity contribution is -0.154. The van der Waals surface area contributed by atoms with Crippen molar-refractivity contribution in [2.75, 3.05) is 7.11 Å². The number of rotatable bonds is 6. The Morgan fingerprint density at radius 2 is 2.00 bits per heavy atom. The maximum Gasteiger partial charge on any atom is 0.302 e. The van der Waals surface area contributed by atoms with Crippen LogP contribution >= 0.6 is 0 Å². The third-order valence-electron chi connectivity index (χ3n) is 5.16. The Morgan fingerprint density at radius 3 is 2.52 bits per heavy atom. The van der Waals surface area contributed by atoms with Crippen LogP contribution in [0.25, 0.3) is 9.69 Å². The van der Waals surface area contributed by atoms with Crippen LogP contribution in [-0.2, 0) is 16.0 Å². The molecule has 0 spiro atoms. The Morgan fingerprint density at radius 1 is 1.33 bits per heavy atom. The lowest BCUT2D eigenvalue weighted by Crippen LogP contribution is -2.49. The van der Waals surface area contributed by atoms with Crippen LogP contribution in [0, 0.1) is 19.1 Å². The molecule has 1 N–H and O–H groups in total. The van der Waals surface area contributed by atoms with E-state index in [2.05, 4.69) is 16.3 Å². The molecule has 0 radical (unpaired) electrons. The first-order valence-corrected chi connectivity index (χ1v) is 8.80. The second kappa shape index (κ2) is 8.70. The summed E-state index contributed by atoms with van der Waals surface area (Å²) >= 11 is 0. The van der Waals surface area contributed by atoms with Crippen LogP contribution in [-0.4, -0.2) is 35.9 Å². The zero-order chi connectivity index (χ0) is 20.0. The number of methoxy groups -OCH3 is 1. The molecular formula is C21H24N2O4. The minimum Gasteiger partial charge on any atom is -0.497 e. The number of carbonyl (C=O) groups is 1. The van der Waals surface area contributed by atoms with Crippen LogP contribution in [0.1, 0.15) is 31.7 Å². The summed E-state index contributed by atoms with van der Waals surface area (Å²) in [7, 11) is 1.58. The van der Waals surface area contributed by atoms with Crippen LogP contribution in [0.2, 0.25) is 0 Å². The van der Waals surface area contributed by atoms with Crippen LogP contribution in [0.15, 0.2) is 36.5 Å². The fourth-order valence-electron chi connectivity index (χ4n) is 3.76. The number of esters is 1. The Labute approximate surface area is 160 Å². The average Bonchev–Trinajstić information content (AvgIpc) is 2.67. The molecule has 6 heteroatoms. The first-order chi connectivity index (χ1) is 12.9. The molecule has 1 aromatic carbocycles. The van der Waals surface area contributed by atoms with Gasteiger partial charge in [0.05, 0.1) is 25.7 Å². The van der Waals surface area contributed by atoms with E-state index in [0.717, 1.165) is 5.56 Å². The highest BCUT2D eigenvalue weighted by molar-refractivity contribution is 5.66. The van der Waals surface area contributed by atoms with Crippen molar-refractivity contribution in [2.24, 2.45) is 5.92 Å². The minimum absolute atomic E-state index is 0.101. The van der Waals surface area contributed by atoms with Crippen molar-refractivity contribution < 1.29 is 19.4 Å². The summed E-state index contributed by atoms with van der Waals surface area (Å²) in [5, 5.41) is 10.2. The van der Waals surface area contributed by atoms with E-state index in [1.54, 1.807) is 19.2 Å². The molecule has 0 saturated heterocycles. The highest BCUT2D eigenvalue weighted by atomic mass is 16.5. The van der Waals surface area contributed by atoms with E-state index >= 15 is 0 Å². The van der Waals surface area contributed by atoms with Crippen LogP contribution < -0.4 is 4.74 Å². The van der Waals surface area contributed by atoms with Crippen LogP contribution in [0.5, 0.6) is 5.75 Å². The van der Waals surface area contributed by atoms with Crippen molar-refractivity contribution in [2.45, 2.75) is 50.4 Å². The quantitative estimate of drug-likeness (QED) is 0.617. The highest BCUT2D eigenvalue weighted by Gasteiger charge is 2.55. The van der Waals surface area contributed by atoms with Gasteiger partial charge in [-0.15, -0.1) is 0 Å². The van der Waals surface area contributed by atoms with E-state index in [-0.39, 0.29) is 18.5 Å². The van der Waals surface area contributed by atoms with E-state index in [0.29, 0.717) is 18.6 Å². The van der Waals surface area contributed by atoms with Crippen molar-refractivity contribution in [3.05, 3.63) is 64.9 Å². The Kier molecular flexibility index (Phi) is 6.60. The first-order valence-electron chi connectivity index (χ1n) is 8.80. The van der Waals surface area contributed by atoms with Gasteiger partial charge in [0.2, 0.25) is 5.70 Å². The van der Waals surface area contributed by atoms with Gasteiger partial charge in [-0.2, -0.15) is 0 Å². The van der Waals surface area contributed by atoms with Crippen molar-refractivity contribution in [1.82, 2.24) is 0 Å². The summed E-state index contributed by atoms with van der Waals surface area (Å²) < 4.78 is 10.6. The van der Waals surface area contributed by atoms with Gasteiger partial charge in [0.25, 0.3) is 5.54 Å². The number of aliphatic hydroxyl groups is 1. The fraction of sp³-hybridized carbons (Fsp3) is 0.476. The van der Waals surface area contributed by atoms with E-state index in [4.69, 9.17) is 22.6 Å². The molecule has 1 aromatic rings. The normalized spacial score (nSPS) is 24.0. The summed E-state index contributed by atoms with van der Waals surface area (Å²) in [5.41, 5.74) is -0.333. The number of carbonyl (C=O) groups excluding carboxylic acids is 1. The van der Waals surface area contributed by atoms with Gasteiger partial charge in [-0.25, -0.2) is 11.4 Å². The molecular weight excluding hydrogens is 344 g/mol. The topological polar surface area (TPSA) is 64.5 Å². The van der Waals surface area contributed by atoms with Crippen molar-refractivity contribution in [3.8, 4) is 5.75 Å². The first kappa shape index (κ1) is 20.5. The Hall–Kier alpha value is -2.83. The molecule has 6 nitrogen and oxygen atoms in total. The standard InChI is InChI=1S/C21H24N2O4/c1-14(22-3)21(23-4,13-16-6-9-18(26-5)10-7-16)19-12-17(25)8-11-20(19)27-15(2)24/h6-7,9-10,17,19-20,25H,1,8,11-13H2,2,5H3/t17-,19-,20-,21?/m1/s1. The van der Waals surface area contributed by atoms with Crippen molar-refractivity contribution in [3.63, 3.8) is 0 Å². The molecule has 27 heavy (non-hydrogen) atoms. The summed E-state index contributed by atoms with van der Waals surface area (Å²) in [6.45, 7) is 20.6. The monoisotopic (exact) mass is 368 g/mol. The van der Waals surface area contributed by atoms with Gasteiger partial charge in [0.1, 0.15) is 11.9 Å². The van der Waals surface area contributed by atoms with Crippen LogP contribution in [0.3, 0.4) is 0 Å². The maximum atomic E-state index is 11.6. The summed E-state index contributed by atoms with van der Waals surface area (Å²) in [6.07, 6.45) is 0.350. The summed E-state index contributed by atoms with van der Waals surface area (Å²) in [6, 6.07) is 7.28. The molecule has 1 unspecified atom stereocenters. The minimum atomic E-state index is -1.28. The van der Waals surface area contributed by atoms with E-state index < -0.39 is 29.6 Å². The zero-order valence-electron chi connectivity index (χ0n) is 15.6. The van der Waals surface area contributed by atoms with E-state index in [1.807, 2.05) is 12.1 Å². The van der Waals surface area contributed by atoms with Gasteiger partial charge < -0.3 is 19.4 Å². The molecule has 0 amide bonds. The molecule has 142 valence electrons. The molecule has 2 rings (SSSR count). The van der Waals surface area contributed by atoms with Gasteiger partial charge in [0, 0.05) is 13.3 Å². The fourth-order valence-corrected chi connectivity index (χ4v) is 3.76. The number of benzene rings is 1. The van der Waals surface area contributed by atoms with Gasteiger partial charge >= 0.3 is 5.97 Å². The number of hydrogen-bond donors (Lipinski definition) is 1. The number of ether oxygens (including phenoxy) is 2. The van der Waals surface area contributed by atoms with Crippen LogP contribution in [0.4, 0.5) is 0 Å². The second-order valence-corrected chi connectivity index (χ2v) is 6.84. The van der Waals surface area contributed by atoms with Gasteiger partial charge in [-0.05, 0) is 37.0 Å². The zero-order valence-corrected chi connectivity index (χ0v) is 15.6. The molecule has 4 atom stereocenters. The molecule has 1 saturated carbocycles. The molecule has 1 fully saturated rings.